The van der Waals surface area contributed by atoms with Crippen LogP contribution in [0.5, 0.6) is 0 Å². The van der Waals surface area contributed by atoms with Crippen molar-refractivity contribution in [2.45, 2.75) is 33.1 Å². The van der Waals surface area contributed by atoms with Crippen LogP contribution in [0.25, 0.3) is 0 Å². The van der Waals surface area contributed by atoms with Gasteiger partial charge in [-0.05, 0) is 17.8 Å². The number of ketones is 1. The fourth-order valence-electron chi connectivity index (χ4n) is 2.76. The third-order valence-electron chi connectivity index (χ3n) is 4.34. The smallest absolute Gasteiger partial charge is 0.133 e. The van der Waals surface area contributed by atoms with Crippen molar-refractivity contribution >= 4 is 5.78 Å². The van der Waals surface area contributed by atoms with E-state index in [2.05, 4.69) is 30.9 Å². The van der Waals surface area contributed by atoms with E-state index in [9.17, 15) is 4.79 Å². The molecule has 0 spiro atoms. The van der Waals surface area contributed by atoms with E-state index in [0.717, 1.165) is 52.1 Å². The zero-order chi connectivity index (χ0) is 13.0. The molecule has 0 N–H and O–H groups in total. The molecule has 1 saturated carbocycles. The molecule has 1 atom stereocenters. The summed E-state index contributed by atoms with van der Waals surface area (Å²) in [5, 5.41) is 0. The van der Waals surface area contributed by atoms with E-state index in [1.165, 1.54) is 0 Å². The molecule has 1 saturated heterocycles. The number of hydrogen-bond acceptors (Lipinski definition) is 3. The van der Waals surface area contributed by atoms with Crippen molar-refractivity contribution in [3.8, 4) is 0 Å². The van der Waals surface area contributed by atoms with Crippen LogP contribution in [0.3, 0.4) is 0 Å². The largest absolute Gasteiger partial charge is 0.379 e. The van der Waals surface area contributed by atoms with Crippen molar-refractivity contribution in [3.63, 3.8) is 0 Å². The summed E-state index contributed by atoms with van der Waals surface area (Å²) >= 11 is 0. The van der Waals surface area contributed by atoms with Gasteiger partial charge in [-0.15, -0.1) is 0 Å². The van der Waals surface area contributed by atoms with Crippen LogP contribution in [0.2, 0.25) is 0 Å². The van der Waals surface area contributed by atoms with Gasteiger partial charge in [0.2, 0.25) is 0 Å². The lowest BCUT2D eigenvalue weighted by Crippen LogP contribution is -2.36. The Hall–Kier alpha value is -0.670. The monoisotopic (exact) mass is 251 g/mol. The number of nitrogens with zero attached hydrogens (tertiary/aromatic N) is 1. The van der Waals surface area contributed by atoms with E-state index in [1.807, 2.05) is 0 Å². The van der Waals surface area contributed by atoms with Gasteiger partial charge in [0, 0.05) is 32.5 Å². The summed E-state index contributed by atoms with van der Waals surface area (Å²) < 4.78 is 5.33. The molecule has 1 aliphatic carbocycles. The molecule has 18 heavy (non-hydrogen) atoms. The van der Waals surface area contributed by atoms with Crippen molar-refractivity contribution in [3.05, 3.63) is 12.2 Å². The van der Waals surface area contributed by atoms with Crippen molar-refractivity contribution in [1.29, 1.82) is 0 Å². The number of rotatable bonds is 3. The first-order chi connectivity index (χ1) is 8.58. The fraction of sp³-hybridized carbons (Fsp3) is 0.800. The predicted molar refractivity (Wildman–Crippen MR) is 72.5 cm³/mol. The lowest BCUT2D eigenvalue weighted by Gasteiger charge is -2.36. The summed E-state index contributed by atoms with van der Waals surface area (Å²) in [6, 6.07) is 0. The number of morpholine rings is 1. The summed E-state index contributed by atoms with van der Waals surface area (Å²) in [4.78, 5) is 14.0. The molecular weight excluding hydrogens is 226 g/mol. The van der Waals surface area contributed by atoms with E-state index in [4.69, 9.17) is 4.74 Å². The fourth-order valence-corrected chi connectivity index (χ4v) is 2.76. The van der Waals surface area contributed by atoms with Crippen LogP contribution in [0, 0.1) is 11.3 Å². The van der Waals surface area contributed by atoms with Crippen LogP contribution in [0.4, 0.5) is 0 Å². The van der Waals surface area contributed by atoms with Gasteiger partial charge in [0.25, 0.3) is 0 Å². The highest BCUT2D eigenvalue weighted by Crippen LogP contribution is 2.39. The minimum atomic E-state index is 0.273. The van der Waals surface area contributed by atoms with Gasteiger partial charge in [0.05, 0.1) is 13.2 Å². The molecule has 0 aromatic heterocycles. The molecule has 0 aromatic rings. The average molecular weight is 251 g/mol. The number of Topliss-reactive ketones (excluding diaryl/α,β-unsaturated/α-hetero) is 1. The molecule has 0 aromatic carbocycles. The Balaban J connectivity index is 1.84. The number of allylic oxidation sites excluding steroid dienone is 1. The quantitative estimate of drug-likeness (QED) is 0.721. The minimum absolute atomic E-state index is 0.273. The zero-order valence-corrected chi connectivity index (χ0v) is 11.7. The molecule has 3 nitrogen and oxygen atoms in total. The highest BCUT2D eigenvalue weighted by molar-refractivity contribution is 5.79. The SMILES string of the molecule is CC1(C)CCC(=O)CC1/C=C\CN1CCOCC1. The molecule has 2 rings (SSSR count). The molecule has 2 aliphatic rings. The Bertz CT molecular complexity index is 316. The van der Waals surface area contributed by atoms with Gasteiger partial charge in [-0.3, -0.25) is 9.69 Å². The first-order valence-corrected chi connectivity index (χ1v) is 7.06. The van der Waals surface area contributed by atoms with Gasteiger partial charge in [-0.25, -0.2) is 0 Å². The molecule has 0 radical (unpaired) electrons. The Morgan fingerprint density at radius 1 is 1.39 bits per heavy atom. The van der Waals surface area contributed by atoms with Crippen LogP contribution >= 0.6 is 0 Å². The van der Waals surface area contributed by atoms with Crippen LogP contribution < -0.4 is 0 Å². The van der Waals surface area contributed by atoms with E-state index in [-0.39, 0.29) is 5.41 Å². The molecule has 0 amide bonds. The van der Waals surface area contributed by atoms with E-state index >= 15 is 0 Å². The highest BCUT2D eigenvalue weighted by atomic mass is 16.5. The maximum Gasteiger partial charge on any atom is 0.133 e. The summed E-state index contributed by atoms with van der Waals surface area (Å²) in [6.45, 7) is 9.30. The third-order valence-corrected chi connectivity index (χ3v) is 4.34. The second-order valence-electron chi connectivity index (χ2n) is 6.18. The molecule has 1 unspecified atom stereocenters. The highest BCUT2D eigenvalue weighted by Gasteiger charge is 2.33. The van der Waals surface area contributed by atoms with E-state index < -0.39 is 0 Å². The average Bonchev–Trinajstić information content (AvgIpc) is 2.35. The van der Waals surface area contributed by atoms with Crippen molar-refractivity contribution in [1.82, 2.24) is 4.90 Å². The molecule has 102 valence electrons. The number of carbonyl (C=O) groups excluding carboxylic acids is 1. The zero-order valence-electron chi connectivity index (χ0n) is 11.7. The van der Waals surface area contributed by atoms with Crippen molar-refractivity contribution in [2.24, 2.45) is 11.3 Å². The van der Waals surface area contributed by atoms with Gasteiger partial charge >= 0.3 is 0 Å². The lowest BCUT2D eigenvalue weighted by atomic mass is 9.68. The van der Waals surface area contributed by atoms with Crippen LogP contribution in [0.1, 0.15) is 33.1 Å². The second-order valence-corrected chi connectivity index (χ2v) is 6.18. The van der Waals surface area contributed by atoms with Crippen molar-refractivity contribution in [2.75, 3.05) is 32.8 Å². The minimum Gasteiger partial charge on any atom is -0.379 e. The predicted octanol–water partition coefficient (Wildman–Crippen LogP) is 2.27. The maximum atomic E-state index is 11.6. The van der Waals surface area contributed by atoms with Gasteiger partial charge < -0.3 is 4.74 Å². The normalized spacial score (nSPS) is 29.9. The second kappa shape index (κ2) is 5.98. The summed E-state index contributed by atoms with van der Waals surface area (Å²) in [5.41, 5.74) is 0.273. The van der Waals surface area contributed by atoms with Crippen LogP contribution in [0.15, 0.2) is 12.2 Å². The molecular formula is C15H25NO2. The Labute approximate surface area is 110 Å². The number of ether oxygens (including phenoxy) is 1. The Morgan fingerprint density at radius 2 is 2.11 bits per heavy atom. The first kappa shape index (κ1) is 13.8. The van der Waals surface area contributed by atoms with Crippen LogP contribution in [-0.2, 0) is 9.53 Å². The van der Waals surface area contributed by atoms with E-state index in [0.29, 0.717) is 11.7 Å². The molecule has 2 fully saturated rings. The van der Waals surface area contributed by atoms with Gasteiger partial charge in [0.1, 0.15) is 5.78 Å². The summed E-state index contributed by atoms with van der Waals surface area (Å²) in [7, 11) is 0. The number of hydrogen-bond donors (Lipinski definition) is 0. The van der Waals surface area contributed by atoms with Crippen molar-refractivity contribution < 1.29 is 9.53 Å². The molecule has 1 aliphatic heterocycles. The lowest BCUT2D eigenvalue weighted by molar-refractivity contribution is -0.123. The first-order valence-electron chi connectivity index (χ1n) is 7.06. The van der Waals surface area contributed by atoms with E-state index in [1.54, 1.807) is 0 Å². The topological polar surface area (TPSA) is 29.5 Å². The number of carbonyl (C=O) groups is 1. The van der Waals surface area contributed by atoms with Gasteiger partial charge in [-0.2, -0.15) is 0 Å². The molecule has 0 bridgehead atoms. The maximum absolute atomic E-state index is 11.6. The summed E-state index contributed by atoms with van der Waals surface area (Å²) in [6.07, 6.45) is 7.04. The van der Waals surface area contributed by atoms with Gasteiger partial charge in [-0.1, -0.05) is 26.0 Å². The Kier molecular flexibility index (Phi) is 4.57. The molecule has 1 heterocycles. The standard InChI is InChI=1S/C15H25NO2/c1-15(2)6-5-14(17)12-13(15)4-3-7-16-8-10-18-11-9-16/h3-4,13H,5-12H2,1-2H3/b4-3-. The third kappa shape index (κ3) is 3.66. The molecule has 3 heteroatoms. The van der Waals surface area contributed by atoms with Crippen LogP contribution in [-0.4, -0.2) is 43.5 Å². The van der Waals surface area contributed by atoms with Gasteiger partial charge in [0.15, 0.2) is 0 Å². The Morgan fingerprint density at radius 3 is 2.83 bits per heavy atom. The summed E-state index contributed by atoms with van der Waals surface area (Å²) in [5.74, 6) is 0.843.